The van der Waals surface area contributed by atoms with Crippen LogP contribution in [0, 0.1) is 0 Å². The van der Waals surface area contributed by atoms with E-state index >= 15 is 0 Å². The normalized spacial score (nSPS) is 12.3. The van der Waals surface area contributed by atoms with Crippen LogP contribution < -0.4 is 10.6 Å². The summed E-state index contributed by atoms with van der Waals surface area (Å²) in [5.74, 6) is -1.71. The van der Waals surface area contributed by atoms with Crippen LogP contribution in [-0.2, 0) is 19.1 Å². The lowest BCUT2D eigenvalue weighted by Gasteiger charge is -2.36. The first-order valence-corrected chi connectivity index (χ1v) is 12.9. The number of carboxylic acids is 1. The van der Waals surface area contributed by atoms with Crippen LogP contribution in [0.3, 0.4) is 0 Å². The molecule has 0 aromatic heterocycles. The van der Waals surface area contributed by atoms with Crippen molar-refractivity contribution < 1.29 is 24.2 Å². The maximum absolute atomic E-state index is 12.5. The lowest BCUT2D eigenvalue weighted by atomic mass is 9.84. The zero-order chi connectivity index (χ0) is 26.9. The largest absolute Gasteiger partial charge is 0.480 e. The Hall–Kier alpha value is -3.78. The SMILES string of the molecule is CC(C)(C)OC(=O)NCC(=O)N[C@@H](CSC(c1ccccc1)(c1ccccc1)c1ccccc1)C(=O)O. The van der Waals surface area contributed by atoms with Gasteiger partial charge in [0.2, 0.25) is 5.91 Å². The van der Waals surface area contributed by atoms with Gasteiger partial charge in [-0.3, -0.25) is 4.79 Å². The van der Waals surface area contributed by atoms with Crippen LogP contribution in [0.5, 0.6) is 0 Å². The van der Waals surface area contributed by atoms with Gasteiger partial charge in [-0.15, -0.1) is 11.8 Å². The van der Waals surface area contributed by atoms with E-state index in [4.69, 9.17) is 4.74 Å². The molecule has 0 bridgehead atoms. The second-order valence-corrected chi connectivity index (χ2v) is 10.6. The molecular weight excluding hydrogens is 488 g/mol. The number of hydrogen-bond donors (Lipinski definition) is 3. The fraction of sp³-hybridized carbons (Fsp3) is 0.276. The van der Waals surface area contributed by atoms with Gasteiger partial charge in [-0.05, 0) is 37.5 Å². The Balaban J connectivity index is 1.87. The van der Waals surface area contributed by atoms with Crippen LogP contribution in [0.25, 0.3) is 0 Å². The van der Waals surface area contributed by atoms with Crippen LogP contribution in [-0.4, -0.2) is 47.0 Å². The zero-order valence-electron chi connectivity index (χ0n) is 21.1. The minimum absolute atomic E-state index is 0.0756. The van der Waals surface area contributed by atoms with Gasteiger partial charge in [0.15, 0.2) is 0 Å². The Morgan fingerprint density at radius 2 is 1.24 bits per heavy atom. The Kier molecular flexibility index (Phi) is 9.36. The van der Waals surface area contributed by atoms with Crippen molar-refractivity contribution in [2.24, 2.45) is 0 Å². The molecule has 3 N–H and O–H groups in total. The van der Waals surface area contributed by atoms with Crippen molar-refractivity contribution in [2.75, 3.05) is 12.3 Å². The molecule has 3 rings (SSSR count). The maximum Gasteiger partial charge on any atom is 0.408 e. The van der Waals surface area contributed by atoms with Crippen molar-refractivity contribution >= 4 is 29.7 Å². The highest BCUT2D eigenvalue weighted by molar-refractivity contribution is 8.00. The second-order valence-electron chi connectivity index (χ2n) is 9.40. The Morgan fingerprint density at radius 1 is 0.811 bits per heavy atom. The Morgan fingerprint density at radius 3 is 1.62 bits per heavy atom. The molecule has 0 heterocycles. The standard InChI is InChI=1S/C29H32N2O5S/c1-28(2,3)36-27(35)30-19-25(32)31-24(26(33)34)20-37-29(21-13-7-4-8-14-21,22-15-9-5-10-16-22)23-17-11-6-12-18-23/h4-18,24H,19-20H2,1-3H3,(H,30,35)(H,31,32)(H,33,34)/t24-/m0/s1. The maximum atomic E-state index is 12.5. The number of rotatable bonds is 10. The number of carboxylic acid groups (broad SMARTS) is 1. The quantitative estimate of drug-likeness (QED) is 0.332. The van der Waals surface area contributed by atoms with Crippen LogP contribution in [0.1, 0.15) is 37.5 Å². The fourth-order valence-electron chi connectivity index (χ4n) is 3.86. The van der Waals surface area contributed by atoms with Gasteiger partial charge >= 0.3 is 12.1 Å². The molecule has 194 valence electrons. The van der Waals surface area contributed by atoms with E-state index in [9.17, 15) is 19.5 Å². The predicted molar refractivity (Wildman–Crippen MR) is 145 cm³/mol. The monoisotopic (exact) mass is 520 g/mol. The summed E-state index contributed by atoms with van der Waals surface area (Å²) in [6.45, 7) is 4.74. The van der Waals surface area contributed by atoms with Crippen LogP contribution >= 0.6 is 11.8 Å². The van der Waals surface area contributed by atoms with Gasteiger partial charge in [-0.25, -0.2) is 9.59 Å². The molecule has 0 fully saturated rings. The number of carbonyl (C=O) groups is 3. The smallest absolute Gasteiger partial charge is 0.408 e. The van der Waals surface area contributed by atoms with E-state index in [-0.39, 0.29) is 5.75 Å². The summed E-state index contributed by atoms with van der Waals surface area (Å²) in [6, 6.07) is 28.5. The lowest BCUT2D eigenvalue weighted by Crippen LogP contribution is -2.48. The molecule has 0 saturated heterocycles. The molecule has 1 atom stereocenters. The number of nitrogens with one attached hydrogen (secondary N) is 2. The van der Waals surface area contributed by atoms with Gasteiger partial charge < -0.3 is 20.5 Å². The van der Waals surface area contributed by atoms with Crippen LogP contribution in [0.15, 0.2) is 91.0 Å². The van der Waals surface area contributed by atoms with Crippen molar-refractivity contribution in [2.45, 2.75) is 37.2 Å². The third-order valence-electron chi connectivity index (χ3n) is 5.43. The minimum Gasteiger partial charge on any atom is -0.480 e. The van der Waals surface area contributed by atoms with Crippen LogP contribution in [0.4, 0.5) is 4.79 Å². The summed E-state index contributed by atoms with van der Waals surface area (Å²) in [6.07, 6.45) is -0.750. The highest BCUT2D eigenvalue weighted by Gasteiger charge is 2.38. The fourth-order valence-corrected chi connectivity index (χ4v) is 5.41. The molecule has 3 aromatic carbocycles. The van der Waals surface area contributed by atoms with Crippen LogP contribution in [0.2, 0.25) is 0 Å². The number of benzene rings is 3. The van der Waals surface area contributed by atoms with E-state index in [1.807, 2.05) is 91.0 Å². The van der Waals surface area contributed by atoms with E-state index in [0.29, 0.717) is 0 Å². The first-order chi connectivity index (χ1) is 17.6. The average Bonchev–Trinajstić information content (AvgIpc) is 2.88. The summed E-state index contributed by atoms with van der Waals surface area (Å²) < 4.78 is 4.40. The second kappa shape index (κ2) is 12.5. The number of aliphatic carboxylic acids is 1. The first-order valence-electron chi connectivity index (χ1n) is 11.9. The highest BCUT2D eigenvalue weighted by atomic mass is 32.2. The van der Waals surface area contributed by atoms with Crippen molar-refractivity contribution in [3.05, 3.63) is 108 Å². The molecule has 7 nitrogen and oxygen atoms in total. The van der Waals surface area contributed by atoms with E-state index in [1.165, 1.54) is 11.8 Å². The molecule has 0 aliphatic heterocycles. The number of hydrogen-bond acceptors (Lipinski definition) is 5. The number of alkyl carbamates (subject to hydrolysis) is 1. The van der Waals surface area contributed by atoms with Crippen molar-refractivity contribution in [3.8, 4) is 0 Å². The summed E-state index contributed by atoms with van der Waals surface area (Å²) >= 11 is 1.43. The van der Waals surface area contributed by atoms with Gasteiger partial charge in [0, 0.05) is 5.75 Å². The van der Waals surface area contributed by atoms with E-state index < -0.39 is 40.9 Å². The molecule has 37 heavy (non-hydrogen) atoms. The van der Waals surface area contributed by atoms with Gasteiger partial charge in [0.05, 0.1) is 4.75 Å². The minimum atomic E-state index is -1.19. The van der Waals surface area contributed by atoms with Gasteiger partial charge in [0.25, 0.3) is 0 Å². The van der Waals surface area contributed by atoms with Crippen molar-refractivity contribution in [3.63, 3.8) is 0 Å². The average molecular weight is 521 g/mol. The van der Waals surface area contributed by atoms with Gasteiger partial charge in [-0.2, -0.15) is 0 Å². The van der Waals surface area contributed by atoms with Crippen molar-refractivity contribution in [1.82, 2.24) is 10.6 Å². The van der Waals surface area contributed by atoms with Gasteiger partial charge in [-0.1, -0.05) is 91.0 Å². The molecule has 0 radical (unpaired) electrons. The molecule has 0 saturated carbocycles. The topological polar surface area (TPSA) is 105 Å². The molecule has 8 heteroatoms. The molecule has 2 amide bonds. The molecule has 0 aliphatic carbocycles. The molecular formula is C29H32N2O5S. The van der Waals surface area contributed by atoms with E-state index in [2.05, 4.69) is 10.6 Å². The highest BCUT2D eigenvalue weighted by Crippen LogP contribution is 2.48. The number of amides is 2. The summed E-state index contributed by atoms with van der Waals surface area (Å²) in [7, 11) is 0. The number of ether oxygens (including phenoxy) is 1. The first kappa shape index (κ1) is 27.8. The summed E-state index contributed by atoms with van der Waals surface area (Å²) in [5.41, 5.74) is 2.24. The summed E-state index contributed by atoms with van der Waals surface area (Å²) in [5, 5.41) is 14.8. The number of thioether (sulfide) groups is 1. The predicted octanol–water partition coefficient (Wildman–Crippen LogP) is 4.81. The van der Waals surface area contributed by atoms with Gasteiger partial charge in [0.1, 0.15) is 18.2 Å². The zero-order valence-corrected chi connectivity index (χ0v) is 22.0. The Bertz CT molecular complexity index is 1080. The third kappa shape index (κ3) is 7.60. The van der Waals surface area contributed by atoms with E-state index in [0.717, 1.165) is 16.7 Å². The van der Waals surface area contributed by atoms with E-state index in [1.54, 1.807) is 20.8 Å². The summed E-state index contributed by atoms with van der Waals surface area (Å²) in [4.78, 5) is 36.5. The lowest BCUT2D eigenvalue weighted by molar-refractivity contribution is -0.140. The third-order valence-corrected chi connectivity index (χ3v) is 7.07. The molecule has 0 unspecified atom stereocenters. The molecule has 0 spiro atoms. The van der Waals surface area contributed by atoms with Crippen molar-refractivity contribution in [1.29, 1.82) is 0 Å². The molecule has 0 aliphatic rings. The Labute approximate surface area is 221 Å². The number of carbonyl (C=O) groups excluding carboxylic acids is 2. The molecule has 3 aromatic rings.